The summed E-state index contributed by atoms with van der Waals surface area (Å²) in [6, 6.07) is 0. The number of allylic oxidation sites excluding steroid dienone is 4. The first-order valence-electron chi connectivity index (χ1n) is 11.4. The minimum atomic E-state index is -0.717. The molecule has 4 heteroatoms. The quantitative estimate of drug-likeness (QED) is 0.428. The zero-order chi connectivity index (χ0) is 20.8. The molecule has 0 aliphatic heterocycles. The van der Waals surface area contributed by atoms with E-state index in [0.717, 1.165) is 12.8 Å². The van der Waals surface area contributed by atoms with Gasteiger partial charge < -0.3 is 9.47 Å². The lowest BCUT2D eigenvalue weighted by Gasteiger charge is -2.32. The Bertz CT molecular complexity index is 656. The summed E-state index contributed by atoms with van der Waals surface area (Å²) < 4.78 is 11.4. The molecule has 4 nitrogen and oxygen atoms in total. The van der Waals surface area contributed by atoms with Gasteiger partial charge >= 0.3 is 11.9 Å². The van der Waals surface area contributed by atoms with Gasteiger partial charge in [0.05, 0.1) is 24.0 Å². The number of ether oxygens (including phenoxy) is 2. The van der Waals surface area contributed by atoms with E-state index in [-0.39, 0.29) is 11.9 Å². The number of esters is 2. The first-order valence-corrected chi connectivity index (χ1v) is 11.4. The normalized spacial score (nSPS) is 34.8. The molecule has 2 saturated carbocycles. The zero-order valence-corrected chi connectivity index (χ0v) is 18.4. The maximum absolute atomic E-state index is 12.8. The fourth-order valence-corrected chi connectivity index (χ4v) is 6.18. The van der Waals surface area contributed by atoms with E-state index in [1.165, 1.54) is 12.8 Å². The van der Waals surface area contributed by atoms with E-state index in [9.17, 15) is 9.59 Å². The van der Waals surface area contributed by atoms with Crippen molar-refractivity contribution in [3.05, 3.63) is 24.3 Å². The van der Waals surface area contributed by atoms with E-state index >= 15 is 0 Å². The van der Waals surface area contributed by atoms with Crippen molar-refractivity contribution in [2.45, 2.75) is 59.8 Å². The second-order valence-electron chi connectivity index (χ2n) is 11.2. The Balaban J connectivity index is 1.25. The second-order valence-corrected chi connectivity index (χ2v) is 11.2. The average molecular weight is 401 g/mol. The van der Waals surface area contributed by atoms with Crippen LogP contribution in [-0.2, 0) is 19.1 Å². The second kappa shape index (κ2) is 7.59. The molecule has 160 valence electrons. The monoisotopic (exact) mass is 400 g/mol. The maximum Gasteiger partial charge on any atom is 0.311 e. The first kappa shape index (κ1) is 20.7. The molecule has 0 amide bonds. The van der Waals surface area contributed by atoms with Crippen LogP contribution in [0.25, 0.3) is 0 Å². The van der Waals surface area contributed by atoms with Crippen LogP contribution in [0, 0.1) is 46.3 Å². The molecule has 0 aromatic carbocycles. The van der Waals surface area contributed by atoms with Gasteiger partial charge in [-0.25, -0.2) is 0 Å². The van der Waals surface area contributed by atoms with Crippen LogP contribution in [0.2, 0.25) is 0 Å². The molecule has 0 radical (unpaired) electrons. The molecule has 0 aromatic heterocycles. The van der Waals surface area contributed by atoms with Gasteiger partial charge in [-0.05, 0) is 95.3 Å². The third kappa shape index (κ3) is 4.32. The molecule has 4 rings (SSSR count). The Morgan fingerprint density at radius 2 is 1.14 bits per heavy atom. The van der Waals surface area contributed by atoms with E-state index in [1.54, 1.807) is 0 Å². The van der Waals surface area contributed by atoms with Crippen LogP contribution < -0.4 is 0 Å². The van der Waals surface area contributed by atoms with Crippen molar-refractivity contribution in [1.82, 2.24) is 0 Å². The highest BCUT2D eigenvalue weighted by Crippen LogP contribution is 2.45. The molecule has 4 aliphatic rings. The topological polar surface area (TPSA) is 52.6 Å². The van der Waals surface area contributed by atoms with Gasteiger partial charge in [0, 0.05) is 0 Å². The predicted octanol–water partition coefficient (Wildman–Crippen LogP) is 4.94. The van der Waals surface area contributed by atoms with Gasteiger partial charge in [-0.2, -0.15) is 0 Å². The van der Waals surface area contributed by atoms with Crippen molar-refractivity contribution in [2.24, 2.45) is 46.3 Å². The Hall–Kier alpha value is -1.58. The fourth-order valence-electron chi connectivity index (χ4n) is 6.18. The van der Waals surface area contributed by atoms with Crippen molar-refractivity contribution in [1.29, 1.82) is 0 Å². The number of hydrogen-bond acceptors (Lipinski definition) is 4. The standard InChI is InChI=1S/C25H36O4/c1-24(2,22(26)28-13-20-11-16-5-7-18(20)9-16)15-25(3,4)23(27)29-14-21-12-17-6-8-19(21)10-17/h5-8,16-21H,9-15H2,1-4H3. The lowest BCUT2D eigenvalue weighted by molar-refractivity contribution is -0.163. The van der Waals surface area contributed by atoms with E-state index in [1.807, 2.05) is 27.7 Å². The molecule has 0 spiro atoms. The summed E-state index contributed by atoms with van der Waals surface area (Å²) in [5.74, 6) is 3.00. The van der Waals surface area contributed by atoms with Gasteiger partial charge in [0.25, 0.3) is 0 Å². The van der Waals surface area contributed by atoms with Crippen LogP contribution in [0.15, 0.2) is 24.3 Å². The van der Waals surface area contributed by atoms with Gasteiger partial charge in [0.1, 0.15) is 0 Å². The summed E-state index contributed by atoms with van der Waals surface area (Å²) in [5.41, 5.74) is -1.43. The Labute approximate surface area is 175 Å². The third-order valence-electron chi connectivity index (χ3n) is 7.68. The summed E-state index contributed by atoms with van der Waals surface area (Å²) in [5, 5.41) is 0. The van der Waals surface area contributed by atoms with E-state index < -0.39 is 10.8 Å². The molecular formula is C25H36O4. The first-order chi connectivity index (χ1) is 13.6. The lowest BCUT2D eigenvalue weighted by Crippen LogP contribution is -2.38. The summed E-state index contributed by atoms with van der Waals surface area (Å²) in [4.78, 5) is 25.6. The average Bonchev–Trinajstić information content (AvgIpc) is 3.44. The smallest absolute Gasteiger partial charge is 0.311 e. The predicted molar refractivity (Wildman–Crippen MR) is 112 cm³/mol. The summed E-state index contributed by atoms with van der Waals surface area (Å²) in [6.07, 6.45) is 14.3. The Morgan fingerprint density at radius 1 is 0.724 bits per heavy atom. The number of rotatable bonds is 8. The van der Waals surface area contributed by atoms with Crippen LogP contribution in [0.1, 0.15) is 59.8 Å². The van der Waals surface area contributed by atoms with Gasteiger partial charge in [-0.3, -0.25) is 9.59 Å². The molecule has 6 atom stereocenters. The van der Waals surface area contributed by atoms with Crippen molar-refractivity contribution < 1.29 is 19.1 Å². The lowest BCUT2D eigenvalue weighted by atomic mass is 9.75. The number of carbonyl (C=O) groups excluding carboxylic acids is 2. The van der Waals surface area contributed by atoms with Gasteiger partial charge in [0.15, 0.2) is 0 Å². The van der Waals surface area contributed by atoms with Gasteiger partial charge in [0.2, 0.25) is 0 Å². The van der Waals surface area contributed by atoms with Gasteiger partial charge in [-0.1, -0.05) is 24.3 Å². The van der Waals surface area contributed by atoms with Crippen molar-refractivity contribution in [3.8, 4) is 0 Å². The van der Waals surface area contributed by atoms with E-state index in [4.69, 9.17) is 9.47 Å². The van der Waals surface area contributed by atoms with Crippen molar-refractivity contribution in [2.75, 3.05) is 13.2 Å². The minimum Gasteiger partial charge on any atom is -0.465 e. The molecule has 4 bridgehead atoms. The van der Waals surface area contributed by atoms with Crippen molar-refractivity contribution >= 4 is 11.9 Å². The van der Waals surface area contributed by atoms with Crippen LogP contribution >= 0.6 is 0 Å². The zero-order valence-electron chi connectivity index (χ0n) is 18.4. The SMILES string of the molecule is CC(C)(CC(C)(C)C(=O)OCC1CC2C=CC1C2)C(=O)OCC1CC2C=CC1C2. The van der Waals surface area contributed by atoms with E-state index in [0.29, 0.717) is 55.1 Å². The fraction of sp³-hybridized carbons (Fsp3) is 0.760. The summed E-state index contributed by atoms with van der Waals surface area (Å²) >= 11 is 0. The highest BCUT2D eigenvalue weighted by molar-refractivity contribution is 5.80. The molecule has 2 fully saturated rings. The van der Waals surface area contributed by atoms with Crippen molar-refractivity contribution in [3.63, 3.8) is 0 Å². The molecular weight excluding hydrogens is 364 g/mol. The van der Waals surface area contributed by atoms with Gasteiger partial charge in [-0.15, -0.1) is 0 Å². The molecule has 4 aliphatic carbocycles. The largest absolute Gasteiger partial charge is 0.465 e. The molecule has 6 unspecified atom stereocenters. The Kier molecular flexibility index (Phi) is 5.41. The maximum atomic E-state index is 12.8. The third-order valence-corrected chi connectivity index (χ3v) is 7.68. The molecule has 0 N–H and O–H groups in total. The summed E-state index contributed by atoms with van der Waals surface area (Å²) in [7, 11) is 0. The summed E-state index contributed by atoms with van der Waals surface area (Å²) in [6.45, 7) is 8.52. The van der Waals surface area contributed by atoms with E-state index in [2.05, 4.69) is 24.3 Å². The number of fused-ring (bicyclic) bond motifs is 4. The number of carbonyl (C=O) groups is 2. The molecule has 0 heterocycles. The van der Waals surface area contributed by atoms with Crippen LogP contribution in [0.3, 0.4) is 0 Å². The highest BCUT2D eigenvalue weighted by Gasteiger charge is 2.43. The van der Waals surface area contributed by atoms with Crippen LogP contribution in [0.4, 0.5) is 0 Å². The van der Waals surface area contributed by atoms with Crippen LogP contribution in [0.5, 0.6) is 0 Å². The highest BCUT2D eigenvalue weighted by atomic mass is 16.5. The Morgan fingerprint density at radius 3 is 1.45 bits per heavy atom. The minimum absolute atomic E-state index is 0.205. The number of hydrogen-bond donors (Lipinski definition) is 0. The van der Waals surface area contributed by atoms with Crippen LogP contribution in [-0.4, -0.2) is 25.2 Å². The molecule has 29 heavy (non-hydrogen) atoms. The molecule has 0 aromatic rings. The molecule has 0 saturated heterocycles.